The highest BCUT2D eigenvalue weighted by Gasteiger charge is 2.25. The summed E-state index contributed by atoms with van der Waals surface area (Å²) in [6, 6.07) is 25.8. The molecule has 0 fully saturated rings. The molecule has 0 bridgehead atoms. The number of thioether (sulfide) groups is 1. The molecular formula is C23H19NO2S. The molecule has 27 heavy (non-hydrogen) atoms. The van der Waals surface area contributed by atoms with Crippen molar-refractivity contribution in [3.63, 3.8) is 0 Å². The first-order chi connectivity index (χ1) is 13.2. The fraction of sp³-hybridized carbons (Fsp3) is 0.0870. The lowest BCUT2D eigenvalue weighted by Crippen LogP contribution is -2.17. The van der Waals surface area contributed by atoms with Crippen LogP contribution >= 0.6 is 11.8 Å². The fourth-order valence-electron chi connectivity index (χ4n) is 3.04. The Kier molecular flexibility index (Phi) is 4.99. The van der Waals surface area contributed by atoms with Crippen molar-refractivity contribution in [2.75, 3.05) is 12.0 Å². The predicted molar refractivity (Wildman–Crippen MR) is 110 cm³/mol. The molecule has 0 radical (unpaired) electrons. The summed E-state index contributed by atoms with van der Waals surface area (Å²) in [6.45, 7) is 0.729. The number of benzene rings is 3. The van der Waals surface area contributed by atoms with E-state index >= 15 is 0 Å². The largest absolute Gasteiger partial charge is 0.497 e. The van der Waals surface area contributed by atoms with Gasteiger partial charge in [0.25, 0.3) is 0 Å². The SMILES string of the molecule is COc1ccc(C(=O)C=C2Sc3ccccc3N2Cc2ccccc2)cc1. The lowest BCUT2D eigenvalue weighted by Gasteiger charge is -2.20. The predicted octanol–water partition coefficient (Wildman–Crippen LogP) is 5.53. The van der Waals surface area contributed by atoms with Crippen molar-refractivity contribution in [1.29, 1.82) is 0 Å². The van der Waals surface area contributed by atoms with Crippen molar-refractivity contribution in [3.05, 3.63) is 101 Å². The third-order valence-corrected chi connectivity index (χ3v) is 5.56. The third-order valence-electron chi connectivity index (χ3n) is 4.45. The molecule has 134 valence electrons. The van der Waals surface area contributed by atoms with Crippen LogP contribution in [0.5, 0.6) is 5.75 Å². The molecule has 4 rings (SSSR count). The van der Waals surface area contributed by atoms with Gasteiger partial charge in [0.05, 0.1) is 17.8 Å². The van der Waals surface area contributed by atoms with Gasteiger partial charge in [0, 0.05) is 23.1 Å². The Morgan fingerprint density at radius 3 is 2.41 bits per heavy atom. The minimum absolute atomic E-state index is 0.00831. The number of para-hydroxylation sites is 1. The molecule has 0 saturated heterocycles. The topological polar surface area (TPSA) is 29.5 Å². The number of fused-ring (bicyclic) bond motifs is 1. The third kappa shape index (κ3) is 3.76. The van der Waals surface area contributed by atoms with Crippen LogP contribution < -0.4 is 9.64 Å². The van der Waals surface area contributed by atoms with Gasteiger partial charge in [-0.05, 0) is 42.0 Å². The second-order valence-corrected chi connectivity index (χ2v) is 7.28. The molecule has 1 aliphatic rings. The molecule has 0 aromatic heterocycles. The zero-order chi connectivity index (χ0) is 18.6. The molecular weight excluding hydrogens is 354 g/mol. The Balaban J connectivity index is 1.65. The first kappa shape index (κ1) is 17.4. The highest BCUT2D eigenvalue weighted by atomic mass is 32.2. The van der Waals surface area contributed by atoms with Crippen molar-refractivity contribution in [1.82, 2.24) is 0 Å². The van der Waals surface area contributed by atoms with E-state index in [4.69, 9.17) is 4.74 Å². The molecule has 0 amide bonds. The van der Waals surface area contributed by atoms with Gasteiger partial charge < -0.3 is 9.64 Å². The van der Waals surface area contributed by atoms with Crippen LogP contribution in [-0.4, -0.2) is 12.9 Å². The number of allylic oxidation sites excluding steroid dienone is 1. The standard InChI is InChI=1S/C23H19NO2S/c1-26-19-13-11-18(12-14-19)21(25)15-23-24(16-17-7-3-2-4-8-17)20-9-5-6-10-22(20)27-23/h2-15H,16H2,1H3. The van der Waals surface area contributed by atoms with Gasteiger partial charge in [-0.2, -0.15) is 0 Å². The molecule has 4 heteroatoms. The van der Waals surface area contributed by atoms with E-state index in [1.165, 1.54) is 10.5 Å². The highest BCUT2D eigenvalue weighted by molar-refractivity contribution is 8.03. The van der Waals surface area contributed by atoms with Crippen LogP contribution in [0.2, 0.25) is 0 Å². The maximum Gasteiger partial charge on any atom is 0.188 e. The van der Waals surface area contributed by atoms with Gasteiger partial charge in [-0.3, -0.25) is 4.79 Å². The quantitative estimate of drug-likeness (QED) is 0.434. The van der Waals surface area contributed by atoms with Gasteiger partial charge in [0.1, 0.15) is 5.75 Å². The van der Waals surface area contributed by atoms with E-state index in [1.54, 1.807) is 37.1 Å². The Morgan fingerprint density at radius 2 is 1.67 bits per heavy atom. The molecule has 3 aromatic carbocycles. The molecule has 0 saturated carbocycles. The van der Waals surface area contributed by atoms with Crippen molar-refractivity contribution < 1.29 is 9.53 Å². The summed E-state index contributed by atoms with van der Waals surface area (Å²) < 4.78 is 5.17. The zero-order valence-electron chi connectivity index (χ0n) is 15.0. The summed E-state index contributed by atoms with van der Waals surface area (Å²) in [7, 11) is 1.62. The summed E-state index contributed by atoms with van der Waals surface area (Å²) in [4.78, 5) is 16.2. The fourth-order valence-corrected chi connectivity index (χ4v) is 4.13. The number of anilines is 1. The van der Waals surface area contributed by atoms with Crippen LogP contribution in [0.3, 0.4) is 0 Å². The average molecular weight is 373 g/mol. The molecule has 0 unspecified atom stereocenters. The summed E-state index contributed by atoms with van der Waals surface area (Å²) in [5.74, 6) is 0.735. The van der Waals surface area contributed by atoms with Crippen LogP contribution in [0.4, 0.5) is 5.69 Å². The van der Waals surface area contributed by atoms with Gasteiger partial charge in [0.15, 0.2) is 5.78 Å². The maximum atomic E-state index is 12.8. The first-order valence-corrected chi connectivity index (χ1v) is 9.54. The van der Waals surface area contributed by atoms with E-state index in [0.717, 1.165) is 23.0 Å². The van der Waals surface area contributed by atoms with Gasteiger partial charge in [-0.15, -0.1) is 0 Å². The van der Waals surface area contributed by atoms with Crippen molar-refractivity contribution in [2.24, 2.45) is 0 Å². The van der Waals surface area contributed by atoms with Crippen molar-refractivity contribution in [3.8, 4) is 5.75 Å². The zero-order valence-corrected chi connectivity index (χ0v) is 15.8. The molecule has 3 aromatic rings. The van der Waals surface area contributed by atoms with E-state index in [9.17, 15) is 4.79 Å². The van der Waals surface area contributed by atoms with Gasteiger partial charge in [0.2, 0.25) is 0 Å². The molecule has 1 aliphatic heterocycles. The smallest absolute Gasteiger partial charge is 0.188 e. The number of rotatable bonds is 5. The molecule has 3 nitrogen and oxygen atoms in total. The van der Waals surface area contributed by atoms with Crippen LogP contribution in [0.25, 0.3) is 0 Å². The number of carbonyl (C=O) groups is 1. The monoisotopic (exact) mass is 373 g/mol. The summed E-state index contributed by atoms with van der Waals surface area (Å²) in [5, 5.41) is 0.945. The number of carbonyl (C=O) groups excluding carboxylic acids is 1. The van der Waals surface area contributed by atoms with Crippen molar-refractivity contribution in [2.45, 2.75) is 11.4 Å². The molecule has 0 aliphatic carbocycles. The number of methoxy groups -OCH3 is 1. The lowest BCUT2D eigenvalue weighted by atomic mass is 10.1. The molecule has 0 atom stereocenters. The number of hydrogen-bond acceptors (Lipinski definition) is 4. The second-order valence-electron chi connectivity index (χ2n) is 6.22. The Labute approximate surface area is 163 Å². The van der Waals surface area contributed by atoms with E-state index in [0.29, 0.717) is 5.56 Å². The maximum absolute atomic E-state index is 12.8. The molecule has 1 heterocycles. The van der Waals surface area contributed by atoms with Crippen LogP contribution in [0, 0.1) is 0 Å². The van der Waals surface area contributed by atoms with Gasteiger partial charge >= 0.3 is 0 Å². The van der Waals surface area contributed by atoms with E-state index in [-0.39, 0.29) is 5.78 Å². The molecule has 0 N–H and O–H groups in total. The summed E-state index contributed by atoms with van der Waals surface area (Å²) >= 11 is 1.64. The van der Waals surface area contributed by atoms with Gasteiger partial charge in [-0.25, -0.2) is 0 Å². The Morgan fingerprint density at radius 1 is 0.963 bits per heavy atom. The lowest BCUT2D eigenvalue weighted by molar-refractivity contribution is 0.104. The molecule has 0 spiro atoms. The second kappa shape index (κ2) is 7.72. The Hall–Kier alpha value is -2.98. The van der Waals surface area contributed by atoms with E-state index in [1.807, 2.05) is 42.5 Å². The minimum Gasteiger partial charge on any atom is -0.497 e. The number of ether oxygens (including phenoxy) is 1. The average Bonchev–Trinajstić information content (AvgIpc) is 3.06. The van der Waals surface area contributed by atoms with Gasteiger partial charge in [-0.1, -0.05) is 54.2 Å². The normalized spacial score (nSPS) is 14.3. The van der Waals surface area contributed by atoms with E-state index < -0.39 is 0 Å². The number of nitrogens with zero attached hydrogens (tertiary/aromatic N) is 1. The number of hydrogen-bond donors (Lipinski definition) is 0. The van der Waals surface area contributed by atoms with E-state index in [2.05, 4.69) is 29.2 Å². The highest BCUT2D eigenvalue weighted by Crippen LogP contribution is 2.46. The summed E-state index contributed by atoms with van der Waals surface area (Å²) in [5.41, 5.74) is 3.00. The first-order valence-electron chi connectivity index (χ1n) is 8.73. The minimum atomic E-state index is -0.00831. The Bertz CT molecular complexity index is 981. The summed E-state index contributed by atoms with van der Waals surface area (Å²) in [6.07, 6.45) is 1.73. The number of ketones is 1. The van der Waals surface area contributed by atoms with Crippen LogP contribution in [0.15, 0.2) is 94.9 Å². The van der Waals surface area contributed by atoms with Crippen molar-refractivity contribution >= 4 is 23.2 Å². The van der Waals surface area contributed by atoms with Crippen LogP contribution in [0.1, 0.15) is 15.9 Å². The van der Waals surface area contributed by atoms with Crippen LogP contribution in [-0.2, 0) is 6.54 Å².